The molecule has 0 aromatic heterocycles. The van der Waals surface area contributed by atoms with Gasteiger partial charge in [-0.05, 0) is 0 Å². The fourth-order valence-corrected chi connectivity index (χ4v) is 2.37. The first-order valence-electron chi connectivity index (χ1n) is 14.0. The lowest BCUT2D eigenvalue weighted by Gasteiger charge is -2.11. The van der Waals surface area contributed by atoms with Gasteiger partial charge in [0.15, 0.2) is 17.3 Å². The normalized spacial score (nSPS) is 10.7. The third-order valence-electron chi connectivity index (χ3n) is 4.90. The van der Waals surface area contributed by atoms with Crippen molar-refractivity contribution in [1.29, 1.82) is 0 Å². The molecule has 0 saturated heterocycles. The Labute approximate surface area is 295 Å². The summed E-state index contributed by atoms with van der Waals surface area (Å²) in [6, 6.07) is 3.68. The SMILES string of the molecule is O=C([O-])C(F)(F)F.O=C([O-])C(F)(F)F.O=C([O-])C(F)(F)F.[NH3+]CC(=O)CCC(=O)Oc1cc(OC(=O)CCC(=O)C[NH3+])cc(OC(=O)CCC(=O)C[NH3+])c1. The third-order valence-corrected chi connectivity index (χ3v) is 4.90. The van der Waals surface area contributed by atoms with Gasteiger partial charge in [-0.3, -0.25) is 28.8 Å². The first kappa shape index (κ1) is 52.7. The number of hydrogen-bond acceptors (Lipinski definition) is 15. The molecule has 0 heterocycles. The van der Waals surface area contributed by atoms with Gasteiger partial charge in [0.2, 0.25) is 0 Å². The molecule has 1 rings (SSSR count). The van der Waals surface area contributed by atoms with Gasteiger partial charge in [0.05, 0.1) is 19.3 Å². The number of carbonyl (C=O) groups excluding carboxylic acids is 9. The van der Waals surface area contributed by atoms with Gasteiger partial charge in [0.1, 0.15) is 54.8 Å². The van der Waals surface area contributed by atoms with Crippen LogP contribution in [0.5, 0.6) is 17.2 Å². The number of quaternary nitrogens is 3. The van der Waals surface area contributed by atoms with Crippen LogP contribution < -0.4 is 46.7 Å². The quantitative estimate of drug-likeness (QED) is 0.0849. The first-order valence-corrected chi connectivity index (χ1v) is 14.0. The van der Waals surface area contributed by atoms with Crippen molar-refractivity contribution >= 4 is 53.2 Å². The summed E-state index contributed by atoms with van der Waals surface area (Å²) in [6.45, 7) is 0.143. The summed E-state index contributed by atoms with van der Waals surface area (Å²) >= 11 is 0. The summed E-state index contributed by atoms with van der Waals surface area (Å²) in [5.74, 6) is -12.1. The monoisotopic (exact) mass is 807 g/mol. The van der Waals surface area contributed by atoms with Gasteiger partial charge in [-0.1, -0.05) is 0 Å². The van der Waals surface area contributed by atoms with E-state index in [1.54, 1.807) is 0 Å². The van der Waals surface area contributed by atoms with Crippen molar-refractivity contribution in [3.63, 3.8) is 0 Å². The zero-order valence-corrected chi connectivity index (χ0v) is 27.2. The highest BCUT2D eigenvalue weighted by Gasteiger charge is 2.30. The largest absolute Gasteiger partial charge is 0.542 e. The van der Waals surface area contributed by atoms with Crippen molar-refractivity contribution in [2.45, 2.75) is 57.1 Å². The van der Waals surface area contributed by atoms with Gasteiger partial charge in [-0.25, -0.2) is 0 Å². The smallest absolute Gasteiger partial charge is 0.430 e. The minimum Gasteiger partial charge on any atom is -0.542 e. The van der Waals surface area contributed by atoms with Crippen molar-refractivity contribution in [3.05, 3.63) is 18.2 Å². The molecular formula is C27H30F9N3O15. The maximum atomic E-state index is 12.0. The molecule has 0 radical (unpaired) electrons. The van der Waals surface area contributed by atoms with Crippen LogP contribution >= 0.6 is 0 Å². The van der Waals surface area contributed by atoms with Crippen molar-refractivity contribution in [3.8, 4) is 17.2 Å². The predicted octanol–water partition coefficient (Wildman–Crippen LogP) is -4.93. The molecule has 54 heavy (non-hydrogen) atoms. The molecule has 0 saturated carbocycles. The Morgan fingerprint density at radius 2 is 0.593 bits per heavy atom. The summed E-state index contributed by atoms with van der Waals surface area (Å²) in [4.78, 5) is 96.4. The molecule has 0 amide bonds. The van der Waals surface area contributed by atoms with Crippen molar-refractivity contribution in [1.82, 2.24) is 0 Å². The second kappa shape index (κ2) is 25.3. The molecule has 18 nitrogen and oxygen atoms in total. The summed E-state index contributed by atoms with van der Waals surface area (Å²) in [5.41, 5.74) is 10.3. The lowest BCUT2D eigenvalue weighted by Crippen LogP contribution is -2.54. The van der Waals surface area contributed by atoms with Gasteiger partial charge in [0, 0.05) is 37.5 Å². The first-order chi connectivity index (χ1) is 24.5. The Bertz CT molecular complexity index is 1300. The summed E-state index contributed by atoms with van der Waals surface area (Å²) < 4.78 is 110. The number of esters is 3. The number of ether oxygens (including phenoxy) is 3. The zero-order chi connectivity index (χ0) is 43.0. The molecule has 0 spiro atoms. The maximum absolute atomic E-state index is 12.0. The van der Waals surface area contributed by atoms with E-state index < -0.39 is 54.3 Å². The van der Waals surface area contributed by atoms with E-state index in [1.807, 2.05) is 0 Å². The average molecular weight is 808 g/mol. The van der Waals surface area contributed by atoms with E-state index in [1.165, 1.54) is 18.2 Å². The number of hydrogen-bond donors (Lipinski definition) is 3. The van der Waals surface area contributed by atoms with Gasteiger partial charge in [-0.15, -0.1) is 0 Å². The summed E-state index contributed by atoms with van der Waals surface area (Å²) in [7, 11) is 0. The standard InChI is InChI=1S/C21H27N3O9.3C2HF3O2/c22-10-13(25)1-4-19(28)31-16-7-17(32-20(29)5-2-14(26)11-23)9-18(8-16)33-21(30)6-3-15(27)12-24;3*3-2(4,5)1(6)7/h7-9H,1-6,10-12,22-24H2;3*(H,6,7). The fraction of sp³-hybridized carbons (Fsp3) is 0.444. The zero-order valence-electron chi connectivity index (χ0n) is 27.2. The van der Waals surface area contributed by atoms with Crippen LogP contribution in [0.15, 0.2) is 18.2 Å². The van der Waals surface area contributed by atoms with E-state index >= 15 is 0 Å². The van der Waals surface area contributed by atoms with Crippen LogP contribution in [-0.4, -0.2) is 91.3 Å². The van der Waals surface area contributed by atoms with E-state index in [-0.39, 0.29) is 92.8 Å². The molecule has 0 atom stereocenters. The van der Waals surface area contributed by atoms with E-state index in [4.69, 9.17) is 43.9 Å². The lowest BCUT2D eigenvalue weighted by molar-refractivity contribution is -0.354. The van der Waals surface area contributed by atoms with Gasteiger partial charge in [0.25, 0.3) is 0 Å². The van der Waals surface area contributed by atoms with Crippen molar-refractivity contribution < 1.29 is 129 Å². The number of carboxylic acids is 3. The highest BCUT2D eigenvalue weighted by atomic mass is 19.4. The molecule has 27 heteroatoms. The van der Waals surface area contributed by atoms with Crippen LogP contribution in [0.3, 0.4) is 0 Å². The van der Waals surface area contributed by atoms with E-state index in [2.05, 4.69) is 17.2 Å². The van der Waals surface area contributed by atoms with Crippen LogP contribution in [0.1, 0.15) is 38.5 Å². The molecule has 306 valence electrons. The topological polar surface area (TPSA) is 333 Å². The number of Topliss-reactive ketones (excluding diaryl/α,β-unsaturated/α-hetero) is 3. The number of carboxylic acid groups (broad SMARTS) is 3. The maximum Gasteiger partial charge on any atom is 0.430 e. The Hall–Kier alpha value is -5.70. The van der Waals surface area contributed by atoms with Gasteiger partial charge >= 0.3 is 36.4 Å². The molecule has 0 unspecified atom stereocenters. The van der Waals surface area contributed by atoms with Crippen LogP contribution in [0.4, 0.5) is 39.5 Å². The molecule has 0 aliphatic carbocycles. The molecule has 1 aromatic rings. The molecule has 0 fully saturated rings. The van der Waals surface area contributed by atoms with Crippen LogP contribution in [0.2, 0.25) is 0 Å². The highest BCUT2D eigenvalue weighted by Crippen LogP contribution is 2.29. The number of benzene rings is 1. The van der Waals surface area contributed by atoms with Gasteiger partial charge in [-0.2, -0.15) is 39.5 Å². The molecule has 0 aliphatic rings. The van der Waals surface area contributed by atoms with E-state index in [0.717, 1.165) is 0 Å². The molecule has 0 aliphatic heterocycles. The van der Waals surface area contributed by atoms with Crippen molar-refractivity contribution in [2.24, 2.45) is 0 Å². The highest BCUT2D eigenvalue weighted by molar-refractivity contribution is 5.86. The number of ketones is 3. The number of carbonyl (C=O) groups is 9. The Morgan fingerprint density at radius 1 is 0.426 bits per heavy atom. The van der Waals surface area contributed by atoms with Crippen LogP contribution in [0.25, 0.3) is 0 Å². The second-order valence-electron chi connectivity index (χ2n) is 9.28. The fourth-order valence-electron chi connectivity index (χ4n) is 2.37. The van der Waals surface area contributed by atoms with Crippen molar-refractivity contribution in [2.75, 3.05) is 19.6 Å². The van der Waals surface area contributed by atoms with Crippen LogP contribution in [-0.2, 0) is 43.2 Å². The predicted molar refractivity (Wildman–Crippen MR) is 143 cm³/mol. The minimum atomic E-state index is -5.19. The van der Waals surface area contributed by atoms with E-state index in [9.17, 15) is 68.3 Å². The Kier molecular flexibility index (Phi) is 24.7. The minimum absolute atomic E-state index is 0.0422. The average Bonchev–Trinajstić information content (AvgIpc) is 3.04. The number of alkyl halides is 9. The number of halogens is 9. The van der Waals surface area contributed by atoms with Gasteiger partial charge < -0.3 is 61.1 Å². The molecule has 9 N–H and O–H groups in total. The van der Waals surface area contributed by atoms with E-state index in [0.29, 0.717) is 0 Å². The molecule has 0 bridgehead atoms. The number of rotatable bonds is 15. The number of aliphatic carboxylic acids is 3. The van der Waals surface area contributed by atoms with Crippen LogP contribution in [0, 0.1) is 0 Å². The molecular weight excluding hydrogens is 777 g/mol. The summed E-state index contributed by atoms with van der Waals surface area (Å²) in [6.07, 6.45) is -16.3. The third kappa shape index (κ3) is 28.9. The lowest BCUT2D eigenvalue weighted by atomic mass is 10.2. The Morgan fingerprint density at radius 3 is 0.722 bits per heavy atom. The second-order valence-corrected chi connectivity index (χ2v) is 9.28. The summed E-state index contributed by atoms with van der Waals surface area (Å²) in [5, 5.41) is 26.4. The molecule has 1 aromatic carbocycles. The Balaban J connectivity index is -0.000000997.